The van der Waals surface area contributed by atoms with Crippen molar-refractivity contribution in [2.45, 2.75) is 31.7 Å². The van der Waals surface area contributed by atoms with E-state index in [-0.39, 0.29) is 17.9 Å². The molecule has 2 heterocycles. The van der Waals surface area contributed by atoms with Gasteiger partial charge in [-0.3, -0.25) is 9.59 Å². The van der Waals surface area contributed by atoms with E-state index in [2.05, 4.69) is 15.3 Å². The monoisotopic (exact) mass is 406 g/mol. The summed E-state index contributed by atoms with van der Waals surface area (Å²) in [6, 6.07) is 15.2. The first kappa shape index (κ1) is 19.9. The van der Waals surface area contributed by atoms with Crippen LogP contribution in [0.1, 0.15) is 36.0 Å². The van der Waals surface area contributed by atoms with Gasteiger partial charge in [-0.15, -0.1) is 0 Å². The van der Waals surface area contributed by atoms with Crippen molar-refractivity contribution in [1.29, 1.82) is 0 Å². The quantitative estimate of drug-likeness (QED) is 0.590. The molecule has 1 aromatic heterocycles. The summed E-state index contributed by atoms with van der Waals surface area (Å²) >= 11 is 0. The molecule has 156 valence electrons. The number of amides is 2. The van der Waals surface area contributed by atoms with Crippen molar-refractivity contribution in [2.24, 2.45) is 0 Å². The van der Waals surface area contributed by atoms with E-state index in [9.17, 15) is 9.59 Å². The first-order valence-corrected chi connectivity index (χ1v) is 10.4. The van der Waals surface area contributed by atoms with Crippen molar-refractivity contribution < 1.29 is 14.3 Å². The molecule has 7 heteroatoms. The van der Waals surface area contributed by atoms with Crippen molar-refractivity contribution in [1.82, 2.24) is 20.2 Å². The number of hydrogen-bond acceptors (Lipinski definition) is 4. The van der Waals surface area contributed by atoms with Crippen molar-refractivity contribution in [2.75, 3.05) is 19.7 Å². The van der Waals surface area contributed by atoms with E-state index < -0.39 is 0 Å². The molecule has 2 N–H and O–H groups in total. The fraction of sp³-hybridized carbons (Fsp3) is 0.348. The molecule has 7 nitrogen and oxygen atoms in total. The molecule has 1 aliphatic rings. The third-order valence-corrected chi connectivity index (χ3v) is 5.37. The molecule has 0 saturated carbocycles. The largest absolute Gasteiger partial charge is 0.494 e. The van der Waals surface area contributed by atoms with Gasteiger partial charge in [0.1, 0.15) is 5.75 Å². The number of H-pyrrole nitrogens is 1. The van der Waals surface area contributed by atoms with Crippen LogP contribution in [-0.4, -0.2) is 52.4 Å². The summed E-state index contributed by atoms with van der Waals surface area (Å²) in [5.41, 5.74) is 2.37. The summed E-state index contributed by atoms with van der Waals surface area (Å²) in [6.07, 6.45) is 4.28. The molecule has 30 heavy (non-hydrogen) atoms. The van der Waals surface area contributed by atoms with Gasteiger partial charge < -0.3 is 19.9 Å². The topological polar surface area (TPSA) is 87.3 Å². The smallest absolute Gasteiger partial charge is 0.253 e. The number of carbonyl (C=O) groups is 2. The number of nitrogens with zero attached hydrogens (tertiary/aromatic N) is 2. The average Bonchev–Trinajstić information content (AvgIpc) is 3.25. The summed E-state index contributed by atoms with van der Waals surface area (Å²) < 4.78 is 5.62. The number of nitrogens with one attached hydrogen (secondary N) is 2. The Balaban J connectivity index is 1.17. The Kier molecular flexibility index (Phi) is 6.27. The maximum Gasteiger partial charge on any atom is 0.253 e. The van der Waals surface area contributed by atoms with Gasteiger partial charge >= 0.3 is 0 Å². The molecular weight excluding hydrogens is 380 g/mol. The van der Waals surface area contributed by atoms with Crippen LogP contribution >= 0.6 is 0 Å². The second kappa shape index (κ2) is 9.43. The minimum atomic E-state index is 0.0225. The third-order valence-electron chi connectivity index (χ3n) is 5.37. The highest BCUT2D eigenvalue weighted by Gasteiger charge is 2.24. The molecule has 0 spiro atoms. The van der Waals surface area contributed by atoms with Crippen LogP contribution in [0.2, 0.25) is 0 Å². The second-order valence-electron chi connectivity index (χ2n) is 7.53. The molecule has 0 bridgehead atoms. The Morgan fingerprint density at radius 1 is 1.13 bits per heavy atom. The molecule has 1 saturated heterocycles. The number of fused-ring (bicyclic) bond motifs is 1. The van der Waals surface area contributed by atoms with E-state index >= 15 is 0 Å². The molecule has 2 aromatic carbocycles. The number of aromatic nitrogens is 2. The van der Waals surface area contributed by atoms with E-state index in [0.717, 1.165) is 29.6 Å². The fourth-order valence-electron chi connectivity index (χ4n) is 3.72. The maximum atomic E-state index is 12.8. The zero-order valence-electron chi connectivity index (χ0n) is 16.8. The lowest BCUT2D eigenvalue weighted by Crippen LogP contribution is -2.46. The van der Waals surface area contributed by atoms with E-state index in [1.54, 1.807) is 6.33 Å². The van der Waals surface area contributed by atoms with Gasteiger partial charge in [0.25, 0.3) is 5.91 Å². The number of imidazole rings is 1. The molecule has 0 aliphatic carbocycles. The zero-order valence-corrected chi connectivity index (χ0v) is 16.8. The number of ether oxygens (including phenoxy) is 1. The molecule has 4 rings (SSSR count). The van der Waals surface area contributed by atoms with Gasteiger partial charge in [-0.05, 0) is 49.6 Å². The molecule has 3 aromatic rings. The number of likely N-dealkylation sites (tertiary alicyclic amines) is 1. The van der Waals surface area contributed by atoms with Crippen molar-refractivity contribution >= 4 is 22.8 Å². The van der Waals surface area contributed by atoms with Gasteiger partial charge in [0.2, 0.25) is 5.91 Å². The molecule has 0 radical (unpaired) electrons. The first-order chi connectivity index (χ1) is 14.7. The predicted octanol–water partition coefficient (Wildman–Crippen LogP) is 3.14. The Morgan fingerprint density at radius 2 is 1.93 bits per heavy atom. The SMILES string of the molecule is O=C(CCCOc1ccccc1)NC1CCN(C(=O)c2ccc3nc[nH]c3c2)CC1. The maximum absolute atomic E-state index is 12.8. The predicted molar refractivity (Wildman–Crippen MR) is 114 cm³/mol. The van der Waals surface area contributed by atoms with Crippen LogP contribution in [0, 0.1) is 0 Å². The first-order valence-electron chi connectivity index (χ1n) is 10.4. The number of piperidine rings is 1. The lowest BCUT2D eigenvalue weighted by molar-refractivity contribution is -0.122. The minimum Gasteiger partial charge on any atom is -0.494 e. The van der Waals surface area contributed by atoms with Gasteiger partial charge in [-0.2, -0.15) is 0 Å². The van der Waals surface area contributed by atoms with Crippen LogP contribution in [-0.2, 0) is 4.79 Å². The molecule has 0 unspecified atom stereocenters. The molecular formula is C23H26N4O3. The van der Waals surface area contributed by atoms with Gasteiger partial charge in [0.05, 0.1) is 24.0 Å². The molecule has 1 aliphatic heterocycles. The molecule has 0 atom stereocenters. The normalized spacial score (nSPS) is 14.6. The zero-order chi connectivity index (χ0) is 20.8. The van der Waals surface area contributed by atoms with Gasteiger partial charge in [0.15, 0.2) is 0 Å². The number of hydrogen-bond donors (Lipinski definition) is 2. The standard InChI is InChI=1S/C23H26N4O3/c28-22(7-4-14-30-19-5-2-1-3-6-19)26-18-10-12-27(13-11-18)23(29)17-8-9-20-21(15-17)25-16-24-20/h1-3,5-6,8-9,15-16,18H,4,7,10-14H2,(H,24,25)(H,26,28). The fourth-order valence-corrected chi connectivity index (χ4v) is 3.72. The molecule has 2 amide bonds. The lowest BCUT2D eigenvalue weighted by Gasteiger charge is -2.32. The number of para-hydroxylation sites is 1. The lowest BCUT2D eigenvalue weighted by atomic mass is 10.0. The Morgan fingerprint density at radius 3 is 2.73 bits per heavy atom. The van der Waals surface area contributed by atoms with E-state index in [1.165, 1.54) is 0 Å². The van der Waals surface area contributed by atoms with Crippen LogP contribution in [0.25, 0.3) is 11.0 Å². The van der Waals surface area contributed by atoms with Crippen molar-refractivity contribution in [3.63, 3.8) is 0 Å². The summed E-state index contributed by atoms with van der Waals surface area (Å²) in [7, 11) is 0. The summed E-state index contributed by atoms with van der Waals surface area (Å²) in [5, 5.41) is 3.09. The van der Waals surface area contributed by atoms with Crippen LogP contribution in [0.15, 0.2) is 54.9 Å². The highest BCUT2D eigenvalue weighted by atomic mass is 16.5. The Hall–Kier alpha value is -3.35. The molecule has 1 fully saturated rings. The Bertz CT molecular complexity index is 994. The number of aromatic amines is 1. The van der Waals surface area contributed by atoms with E-state index in [4.69, 9.17) is 4.74 Å². The summed E-state index contributed by atoms with van der Waals surface area (Å²) in [4.78, 5) is 34.1. The minimum absolute atomic E-state index is 0.0225. The van der Waals surface area contributed by atoms with Crippen LogP contribution in [0.4, 0.5) is 0 Å². The summed E-state index contributed by atoms with van der Waals surface area (Å²) in [5.74, 6) is 0.886. The highest BCUT2D eigenvalue weighted by Crippen LogP contribution is 2.17. The van der Waals surface area contributed by atoms with Gasteiger partial charge in [-0.1, -0.05) is 18.2 Å². The van der Waals surface area contributed by atoms with Crippen LogP contribution in [0.3, 0.4) is 0 Å². The van der Waals surface area contributed by atoms with Crippen molar-refractivity contribution in [3.8, 4) is 5.75 Å². The number of rotatable bonds is 7. The third kappa shape index (κ3) is 4.97. The van der Waals surface area contributed by atoms with Gasteiger partial charge in [0, 0.05) is 31.1 Å². The van der Waals surface area contributed by atoms with E-state index in [0.29, 0.717) is 38.1 Å². The van der Waals surface area contributed by atoms with E-state index in [1.807, 2.05) is 53.4 Å². The van der Waals surface area contributed by atoms with Crippen LogP contribution < -0.4 is 10.1 Å². The highest BCUT2D eigenvalue weighted by molar-refractivity contribution is 5.97. The number of benzene rings is 2. The second-order valence-corrected chi connectivity index (χ2v) is 7.53. The van der Waals surface area contributed by atoms with Gasteiger partial charge in [-0.25, -0.2) is 4.98 Å². The average molecular weight is 406 g/mol. The number of carbonyl (C=O) groups excluding carboxylic acids is 2. The van der Waals surface area contributed by atoms with Crippen molar-refractivity contribution in [3.05, 3.63) is 60.4 Å². The Labute approximate surface area is 175 Å². The summed E-state index contributed by atoms with van der Waals surface area (Å²) in [6.45, 7) is 1.80. The van der Waals surface area contributed by atoms with Crippen LogP contribution in [0.5, 0.6) is 5.75 Å².